The minimum Gasteiger partial charge on any atom is -0.490 e. The van der Waals surface area contributed by atoms with Crippen LogP contribution in [0.2, 0.25) is 0 Å². The van der Waals surface area contributed by atoms with E-state index in [4.69, 9.17) is 36.8 Å². The van der Waals surface area contributed by atoms with Gasteiger partial charge in [-0.25, -0.2) is 0 Å². The smallest absolute Gasteiger partial charge is 0.297 e. The fourth-order valence-electron chi connectivity index (χ4n) is 3.75. The molecule has 0 amide bonds. The van der Waals surface area contributed by atoms with E-state index in [1.807, 2.05) is 26.0 Å². The highest BCUT2D eigenvalue weighted by Gasteiger charge is 2.15. The topological polar surface area (TPSA) is 142 Å². The van der Waals surface area contributed by atoms with E-state index < -0.39 is 20.2 Å². The molecule has 3 rings (SSSR count). The van der Waals surface area contributed by atoms with Crippen LogP contribution in [-0.4, -0.2) is 96.1 Å². The van der Waals surface area contributed by atoms with E-state index in [0.717, 1.165) is 18.3 Å². The highest BCUT2D eigenvalue weighted by Crippen LogP contribution is 2.31. The Morgan fingerprint density at radius 1 is 0.458 bits per heavy atom. The van der Waals surface area contributed by atoms with Gasteiger partial charge in [-0.3, -0.25) is 8.37 Å². The maximum atomic E-state index is 12.2. The van der Waals surface area contributed by atoms with Crippen LogP contribution in [0.25, 0.3) is 0 Å². The summed E-state index contributed by atoms with van der Waals surface area (Å²) in [5.74, 6) is 1.42. The van der Waals surface area contributed by atoms with E-state index in [-0.39, 0.29) is 36.2 Å². The maximum absolute atomic E-state index is 12.2. The van der Waals surface area contributed by atoms with Gasteiger partial charge >= 0.3 is 0 Å². The Balaban J connectivity index is 1.18. The molecule has 0 N–H and O–H groups in total. The largest absolute Gasteiger partial charge is 0.490 e. The van der Waals surface area contributed by atoms with Crippen LogP contribution in [0.5, 0.6) is 11.5 Å². The van der Waals surface area contributed by atoms with Gasteiger partial charge in [-0.1, -0.05) is 35.4 Å². The molecule has 0 aliphatic carbocycles. The fourth-order valence-corrected chi connectivity index (χ4v) is 6.72. The van der Waals surface area contributed by atoms with Crippen molar-refractivity contribution >= 4 is 65.4 Å². The standard InChI is InChI=1S/C32H40I2O12S2/c1-25-3-7-27(8-4-25)47(35,36)45-21-17-41-13-11-39-15-19-43-31-23-30(34)32(24-29(31)33)44-20-16-40-12-14-42-18-22-46-48(37,38)28-9-5-26(2)6-10-28/h3-10,23-24H,11-22H2,1-2H3. The minimum atomic E-state index is -3.80. The van der Waals surface area contributed by atoms with Crippen molar-refractivity contribution in [2.75, 3.05) is 79.3 Å². The lowest BCUT2D eigenvalue weighted by Crippen LogP contribution is -2.15. The van der Waals surface area contributed by atoms with Crippen LogP contribution in [0, 0.1) is 21.0 Å². The third kappa shape index (κ3) is 15.1. The molecule has 0 atom stereocenters. The summed E-state index contributed by atoms with van der Waals surface area (Å²) in [6.07, 6.45) is 0. The van der Waals surface area contributed by atoms with Gasteiger partial charge in [0.15, 0.2) is 0 Å². The zero-order valence-corrected chi connectivity index (χ0v) is 32.7. The quantitative estimate of drug-likeness (QED) is 0.0667. The molecule has 0 saturated heterocycles. The predicted octanol–water partition coefficient (Wildman–Crippen LogP) is 5.15. The van der Waals surface area contributed by atoms with Gasteiger partial charge in [-0.2, -0.15) is 16.8 Å². The normalized spacial score (nSPS) is 11.9. The van der Waals surface area contributed by atoms with Crippen molar-refractivity contribution in [3.63, 3.8) is 0 Å². The first-order valence-electron chi connectivity index (χ1n) is 15.0. The molecule has 0 spiro atoms. The number of aryl methyl sites for hydroxylation is 2. The fraction of sp³-hybridized carbons (Fsp3) is 0.438. The predicted molar refractivity (Wildman–Crippen MR) is 195 cm³/mol. The SMILES string of the molecule is Cc1ccc(S(=O)(=O)OCCOCCOCCOc2cc(I)c(OCCOCCOCCOS(=O)(=O)c3ccc(C)cc3)cc2I)cc1. The Morgan fingerprint density at radius 2 is 0.750 bits per heavy atom. The molecular formula is C32H40I2O12S2. The minimum absolute atomic E-state index is 0.0817. The van der Waals surface area contributed by atoms with Crippen LogP contribution in [0.1, 0.15) is 11.1 Å². The summed E-state index contributed by atoms with van der Waals surface area (Å²) >= 11 is 4.36. The van der Waals surface area contributed by atoms with E-state index in [1.165, 1.54) is 24.3 Å². The average molecular weight is 935 g/mol. The van der Waals surface area contributed by atoms with Crippen molar-refractivity contribution in [2.24, 2.45) is 0 Å². The van der Waals surface area contributed by atoms with Crippen molar-refractivity contribution in [1.29, 1.82) is 0 Å². The molecule has 0 radical (unpaired) electrons. The van der Waals surface area contributed by atoms with Gasteiger partial charge in [-0.15, -0.1) is 0 Å². The zero-order valence-electron chi connectivity index (χ0n) is 26.7. The van der Waals surface area contributed by atoms with Gasteiger partial charge in [0.1, 0.15) is 24.7 Å². The van der Waals surface area contributed by atoms with Gasteiger partial charge in [0.2, 0.25) is 0 Å². The summed E-state index contributed by atoms with van der Waals surface area (Å²) in [7, 11) is -7.61. The number of ether oxygens (including phenoxy) is 6. The number of rotatable bonds is 24. The first-order valence-corrected chi connectivity index (χ1v) is 19.9. The Labute approximate surface area is 310 Å². The lowest BCUT2D eigenvalue weighted by molar-refractivity contribution is 0.0275. The van der Waals surface area contributed by atoms with Crippen LogP contribution in [0.4, 0.5) is 0 Å². The second kappa shape index (κ2) is 21.6. The molecule has 0 aromatic heterocycles. The third-order valence-electron chi connectivity index (χ3n) is 6.25. The van der Waals surface area contributed by atoms with Gasteiger partial charge in [-0.05, 0) is 95.4 Å². The number of hydrogen-bond acceptors (Lipinski definition) is 12. The summed E-state index contributed by atoms with van der Waals surface area (Å²) in [6.45, 7) is 6.48. The Morgan fingerprint density at radius 3 is 1.08 bits per heavy atom. The molecule has 0 fully saturated rings. The number of hydrogen-bond donors (Lipinski definition) is 0. The van der Waals surface area contributed by atoms with Gasteiger partial charge in [0, 0.05) is 0 Å². The molecule has 266 valence electrons. The summed E-state index contributed by atoms with van der Waals surface area (Å²) in [4.78, 5) is 0.230. The molecule has 3 aromatic rings. The van der Waals surface area contributed by atoms with Gasteiger partial charge in [0.25, 0.3) is 20.2 Å². The van der Waals surface area contributed by atoms with Crippen LogP contribution in [0.15, 0.2) is 70.5 Å². The Kier molecular flexibility index (Phi) is 18.3. The molecule has 0 unspecified atom stereocenters. The van der Waals surface area contributed by atoms with E-state index in [1.54, 1.807) is 24.3 Å². The highest BCUT2D eigenvalue weighted by atomic mass is 127. The summed E-state index contributed by atoms with van der Waals surface area (Å²) in [5.41, 5.74) is 1.93. The van der Waals surface area contributed by atoms with Crippen molar-refractivity contribution in [3.05, 3.63) is 78.9 Å². The molecule has 48 heavy (non-hydrogen) atoms. The lowest BCUT2D eigenvalue weighted by Gasteiger charge is -2.13. The number of halogens is 2. The molecule has 0 saturated carbocycles. The van der Waals surface area contributed by atoms with Crippen molar-refractivity contribution in [1.82, 2.24) is 0 Å². The Hall–Kier alpha value is -1.62. The molecular weight excluding hydrogens is 894 g/mol. The van der Waals surface area contributed by atoms with Gasteiger partial charge < -0.3 is 28.4 Å². The van der Waals surface area contributed by atoms with Crippen LogP contribution < -0.4 is 9.47 Å². The van der Waals surface area contributed by atoms with Crippen LogP contribution in [-0.2, 0) is 47.5 Å². The van der Waals surface area contributed by atoms with Crippen molar-refractivity contribution < 1.29 is 53.6 Å². The number of benzene rings is 3. The first-order chi connectivity index (χ1) is 23.0. The van der Waals surface area contributed by atoms with Crippen LogP contribution in [0.3, 0.4) is 0 Å². The van der Waals surface area contributed by atoms with E-state index in [9.17, 15) is 16.8 Å². The van der Waals surface area contributed by atoms with E-state index in [2.05, 4.69) is 45.2 Å². The first kappa shape index (κ1) is 40.8. The second-order valence-corrected chi connectivity index (χ2v) is 15.6. The Bertz CT molecular complexity index is 1480. The highest BCUT2D eigenvalue weighted by molar-refractivity contribution is 14.1. The average Bonchev–Trinajstić information content (AvgIpc) is 3.05. The maximum Gasteiger partial charge on any atom is 0.297 e. The summed E-state index contributed by atoms with van der Waals surface area (Å²) in [6, 6.07) is 16.7. The molecule has 0 bridgehead atoms. The molecule has 3 aromatic carbocycles. The van der Waals surface area contributed by atoms with Crippen molar-refractivity contribution in [3.8, 4) is 11.5 Å². The molecule has 0 aliphatic heterocycles. The monoisotopic (exact) mass is 934 g/mol. The third-order valence-corrected chi connectivity index (χ3v) is 10.6. The molecule has 0 aliphatic rings. The molecule has 16 heteroatoms. The molecule has 0 heterocycles. The second-order valence-electron chi connectivity index (χ2n) is 10.0. The van der Waals surface area contributed by atoms with E-state index >= 15 is 0 Å². The van der Waals surface area contributed by atoms with Crippen molar-refractivity contribution in [2.45, 2.75) is 23.6 Å². The lowest BCUT2D eigenvalue weighted by atomic mass is 10.2. The van der Waals surface area contributed by atoms with Gasteiger partial charge in [0.05, 0.1) is 83.0 Å². The summed E-state index contributed by atoms with van der Waals surface area (Å²) < 4.78 is 93.9. The van der Waals surface area contributed by atoms with Crippen LogP contribution >= 0.6 is 45.2 Å². The van der Waals surface area contributed by atoms with E-state index in [0.29, 0.717) is 64.4 Å². The zero-order chi connectivity index (χ0) is 34.8. The molecule has 12 nitrogen and oxygen atoms in total. The summed E-state index contributed by atoms with van der Waals surface area (Å²) in [5, 5.41) is 0.